The van der Waals surface area contributed by atoms with Gasteiger partial charge in [0, 0.05) is 17.1 Å². The average molecular weight is 121 g/mol. The van der Waals surface area contributed by atoms with E-state index in [0.717, 1.165) is 0 Å². The molecule has 0 rings (SSSR count). The zero-order valence-corrected chi connectivity index (χ0v) is 4.15. The summed E-state index contributed by atoms with van der Waals surface area (Å²) in [6.45, 7) is 0. The van der Waals surface area contributed by atoms with Gasteiger partial charge in [0.2, 0.25) is 0 Å². The molecule has 4 heavy (non-hydrogen) atoms. The van der Waals surface area contributed by atoms with Crippen LogP contribution in [0.3, 0.4) is 0 Å². The summed E-state index contributed by atoms with van der Waals surface area (Å²) in [4.78, 5) is 7.10. The summed E-state index contributed by atoms with van der Waals surface area (Å²) >= 11 is 0. The maximum atomic E-state index is 8.57. The predicted molar refractivity (Wildman–Crippen MR) is 12.6 cm³/mol. The van der Waals surface area contributed by atoms with Gasteiger partial charge in [-0.05, 0) is 0 Å². The molecule has 0 saturated heterocycles. The van der Waals surface area contributed by atoms with Crippen molar-refractivity contribution in [3.05, 3.63) is 0 Å². The molecular formula is H3MnO2P. The van der Waals surface area contributed by atoms with Crippen LogP contribution >= 0.6 is 8.69 Å². The molecule has 0 spiro atoms. The minimum absolute atomic E-state index is 0. The molecule has 0 bridgehead atoms. The molecule has 0 aliphatic carbocycles. The standard InChI is InChI=1S/Mn.H3O2P/c;1-3-2/h;3H2,(H,1,2). The van der Waals surface area contributed by atoms with Crippen molar-refractivity contribution in [3.8, 4) is 0 Å². The summed E-state index contributed by atoms with van der Waals surface area (Å²) < 4.78 is 8.57. The van der Waals surface area contributed by atoms with Gasteiger partial charge in [0.25, 0.3) is 0 Å². The Morgan fingerprint density at radius 2 is 1.75 bits per heavy atom. The quantitative estimate of drug-likeness (QED) is 0.351. The van der Waals surface area contributed by atoms with Gasteiger partial charge in [0.05, 0.1) is 0 Å². The number of rotatable bonds is 0. The molecule has 0 aromatic rings. The molecule has 1 unspecified atom stereocenters. The van der Waals surface area contributed by atoms with Crippen LogP contribution in [0.2, 0.25) is 0 Å². The first-order valence-electron chi connectivity index (χ1n) is 0.494. The fourth-order valence-corrected chi connectivity index (χ4v) is 0. The van der Waals surface area contributed by atoms with E-state index in [1.54, 1.807) is 0 Å². The van der Waals surface area contributed by atoms with Crippen LogP contribution in [0.25, 0.3) is 0 Å². The summed E-state index contributed by atoms with van der Waals surface area (Å²) in [6, 6.07) is 0. The molecule has 1 N–H and O–H groups in total. The van der Waals surface area contributed by atoms with E-state index >= 15 is 0 Å². The number of hydrogen-bond donors (Lipinski definition) is 1. The molecule has 27 valence electrons. The SMILES string of the molecule is O=[PH2]O.[Mn]. The van der Waals surface area contributed by atoms with Crippen molar-refractivity contribution in [3.63, 3.8) is 0 Å². The molecule has 0 aromatic carbocycles. The topological polar surface area (TPSA) is 37.3 Å². The van der Waals surface area contributed by atoms with Crippen molar-refractivity contribution in [1.82, 2.24) is 0 Å². The molecule has 0 aliphatic rings. The third-order valence-corrected chi connectivity index (χ3v) is 0. The summed E-state index contributed by atoms with van der Waals surface area (Å²) in [6.07, 6.45) is 0. The Hall–Kier alpha value is 0.709. The van der Waals surface area contributed by atoms with Gasteiger partial charge in [-0.1, -0.05) is 0 Å². The Morgan fingerprint density at radius 3 is 1.75 bits per heavy atom. The monoisotopic (exact) mass is 121 g/mol. The first-order chi connectivity index (χ1) is 1.41. The second-order valence-corrected chi connectivity index (χ2v) is 0.316. The van der Waals surface area contributed by atoms with Gasteiger partial charge in [-0.2, -0.15) is 0 Å². The predicted octanol–water partition coefficient (Wildman–Crippen LogP) is -0.353. The summed E-state index contributed by atoms with van der Waals surface area (Å²) in [5.41, 5.74) is 0. The van der Waals surface area contributed by atoms with Crippen molar-refractivity contribution in [2.24, 2.45) is 0 Å². The Labute approximate surface area is 36.0 Å². The van der Waals surface area contributed by atoms with Crippen LogP contribution < -0.4 is 0 Å². The first kappa shape index (κ1) is 8.83. The molecule has 0 fully saturated rings. The van der Waals surface area contributed by atoms with Gasteiger partial charge < -0.3 is 4.89 Å². The molecule has 2 nitrogen and oxygen atoms in total. The minimum atomic E-state index is -1.50. The number of hydrogen-bond acceptors (Lipinski definition) is 1. The second kappa shape index (κ2) is 9.32. The largest absolute Gasteiger partial charge is 0.348 e. The van der Waals surface area contributed by atoms with Crippen molar-refractivity contribution in [2.75, 3.05) is 0 Å². The molecule has 0 saturated carbocycles. The first-order valence-corrected chi connectivity index (χ1v) is 1.48. The van der Waals surface area contributed by atoms with Crippen LogP contribution in [0.5, 0.6) is 0 Å². The van der Waals surface area contributed by atoms with Gasteiger partial charge in [-0.3, -0.25) is 4.57 Å². The Morgan fingerprint density at radius 1 is 1.75 bits per heavy atom. The summed E-state index contributed by atoms with van der Waals surface area (Å²) in [5, 5.41) is 0. The Bertz CT molecular complexity index is 13.5. The van der Waals surface area contributed by atoms with E-state index in [1.807, 2.05) is 0 Å². The van der Waals surface area contributed by atoms with Crippen LogP contribution in [-0.4, -0.2) is 4.89 Å². The van der Waals surface area contributed by atoms with E-state index in [0.29, 0.717) is 0 Å². The molecular weight excluding hydrogens is 118 g/mol. The van der Waals surface area contributed by atoms with Gasteiger partial charge in [0.15, 0.2) is 8.69 Å². The van der Waals surface area contributed by atoms with Gasteiger partial charge in [-0.25, -0.2) is 0 Å². The zero-order chi connectivity index (χ0) is 2.71. The van der Waals surface area contributed by atoms with Crippen molar-refractivity contribution < 1.29 is 26.5 Å². The molecule has 1 atom stereocenters. The third kappa shape index (κ3) is 15.7. The normalized spacial score (nSPS) is 7.25. The fourth-order valence-electron chi connectivity index (χ4n) is 0. The van der Waals surface area contributed by atoms with E-state index in [2.05, 4.69) is 0 Å². The van der Waals surface area contributed by atoms with Crippen molar-refractivity contribution in [1.29, 1.82) is 0 Å². The van der Waals surface area contributed by atoms with E-state index in [9.17, 15) is 0 Å². The second-order valence-electron chi connectivity index (χ2n) is 0.105. The molecule has 4 heteroatoms. The Balaban J connectivity index is 0. The van der Waals surface area contributed by atoms with Crippen molar-refractivity contribution in [2.45, 2.75) is 0 Å². The molecule has 0 heterocycles. The average Bonchev–Trinajstić information content (AvgIpc) is 0.918. The van der Waals surface area contributed by atoms with Crippen LogP contribution in [0.1, 0.15) is 0 Å². The van der Waals surface area contributed by atoms with Crippen molar-refractivity contribution >= 4 is 8.69 Å². The van der Waals surface area contributed by atoms with Gasteiger partial charge in [0.1, 0.15) is 0 Å². The van der Waals surface area contributed by atoms with E-state index in [1.165, 1.54) is 0 Å². The Kier molecular flexibility index (Phi) is 20.6. The van der Waals surface area contributed by atoms with Crippen LogP contribution in [0, 0.1) is 0 Å². The molecule has 0 aliphatic heterocycles. The smallest absolute Gasteiger partial charge is 0.177 e. The maximum Gasteiger partial charge on any atom is 0.177 e. The van der Waals surface area contributed by atoms with Crippen LogP contribution in [0.4, 0.5) is 0 Å². The van der Waals surface area contributed by atoms with Gasteiger partial charge >= 0.3 is 0 Å². The van der Waals surface area contributed by atoms with E-state index < -0.39 is 8.69 Å². The summed E-state index contributed by atoms with van der Waals surface area (Å²) in [7, 11) is -1.50. The third-order valence-electron chi connectivity index (χ3n) is 0. The van der Waals surface area contributed by atoms with E-state index in [4.69, 9.17) is 9.46 Å². The van der Waals surface area contributed by atoms with Crippen LogP contribution in [-0.2, 0) is 21.6 Å². The minimum Gasteiger partial charge on any atom is -0.348 e. The maximum absolute atomic E-state index is 8.57. The van der Waals surface area contributed by atoms with Crippen LogP contribution in [0.15, 0.2) is 0 Å². The molecule has 0 aromatic heterocycles. The van der Waals surface area contributed by atoms with Gasteiger partial charge in [-0.15, -0.1) is 0 Å². The van der Waals surface area contributed by atoms with E-state index in [-0.39, 0.29) is 17.1 Å². The zero-order valence-electron chi connectivity index (χ0n) is 1.81. The molecule has 0 amide bonds. The fraction of sp³-hybridized carbons (Fsp3) is 0. The molecule has 1 radical (unpaired) electrons. The summed E-state index contributed by atoms with van der Waals surface area (Å²) in [5.74, 6) is 0.